The van der Waals surface area contributed by atoms with Crippen LogP contribution in [0.5, 0.6) is 0 Å². The molecule has 0 aromatic carbocycles. The maximum absolute atomic E-state index is 10.6. The zero-order chi connectivity index (χ0) is 11.7. The molecule has 0 radical (unpaired) electrons. The molecule has 0 aliphatic carbocycles. The summed E-state index contributed by atoms with van der Waals surface area (Å²) < 4.78 is 1.78. The minimum absolute atomic E-state index is 0.0577. The molecule has 0 amide bonds. The summed E-state index contributed by atoms with van der Waals surface area (Å²) >= 11 is 0. The van der Waals surface area contributed by atoms with Crippen LogP contribution in [-0.4, -0.2) is 20.7 Å². The van der Waals surface area contributed by atoms with Gasteiger partial charge in [-0.15, -0.1) is 0 Å². The lowest BCUT2D eigenvalue weighted by atomic mass is 10.0. The van der Waals surface area contributed by atoms with Crippen LogP contribution in [0.15, 0.2) is 24.4 Å². The van der Waals surface area contributed by atoms with E-state index in [4.69, 9.17) is 5.11 Å². The third kappa shape index (κ3) is 2.05. The molecular weight excluding hydrogens is 204 g/mol. The Bertz CT molecular complexity index is 531. The summed E-state index contributed by atoms with van der Waals surface area (Å²) in [4.78, 5) is 10.6. The Morgan fingerprint density at radius 1 is 1.56 bits per heavy atom. The van der Waals surface area contributed by atoms with Gasteiger partial charge in [0.1, 0.15) is 0 Å². The maximum atomic E-state index is 10.6. The third-order valence-corrected chi connectivity index (χ3v) is 2.62. The van der Waals surface area contributed by atoms with Gasteiger partial charge >= 0.3 is 5.97 Å². The van der Waals surface area contributed by atoms with Crippen molar-refractivity contribution in [3.05, 3.63) is 35.7 Å². The summed E-state index contributed by atoms with van der Waals surface area (Å²) in [6, 6.07) is 5.95. The second-order valence-corrected chi connectivity index (χ2v) is 4.14. The van der Waals surface area contributed by atoms with E-state index in [2.05, 4.69) is 5.10 Å². The molecule has 0 spiro atoms. The van der Waals surface area contributed by atoms with E-state index in [-0.39, 0.29) is 12.3 Å². The van der Waals surface area contributed by atoms with E-state index in [0.717, 1.165) is 11.2 Å². The van der Waals surface area contributed by atoms with Crippen LogP contribution in [0.3, 0.4) is 0 Å². The molecule has 2 aromatic heterocycles. The highest BCUT2D eigenvalue weighted by Gasteiger charge is 2.13. The first-order valence-electron chi connectivity index (χ1n) is 5.24. The van der Waals surface area contributed by atoms with E-state index in [0.29, 0.717) is 0 Å². The number of rotatable bonds is 3. The van der Waals surface area contributed by atoms with Crippen molar-refractivity contribution in [1.29, 1.82) is 0 Å². The highest BCUT2D eigenvalue weighted by atomic mass is 16.4. The molecule has 16 heavy (non-hydrogen) atoms. The molecule has 1 unspecified atom stereocenters. The number of hydrogen-bond acceptors (Lipinski definition) is 2. The van der Waals surface area contributed by atoms with Gasteiger partial charge in [-0.3, -0.25) is 4.79 Å². The first kappa shape index (κ1) is 10.7. The van der Waals surface area contributed by atoms with Gasteiger partial charge in [0, 0.05) is 12.1 Å². The van der Waals surface area contributed by atoms with Gasteiger partial charge in [0.2, 0.25) is 0 Å². The lowest BCUT2D eigenvalue weighted by molar-refractivity contribution is -0.137. The smallest absolute Gasteiger partial charge is 0.304 e. The summed E-state index contributed by atoms with van der Waals surface area (Å²) in [5.41, 5.74) is 3.00. The number of hydrogen-bond donors (Lipinski definition) is 1. The molecule has 84 valence electrons. The van der Waals surface area contributed by atoms with Gasteiger partial charge in [-0.1, -0.05) is 6.92 Å². The van der Waals surface area contributed by atoms with Crippen molar-refractivity contribution >= 4 is 11.5 Å². The monoisotopic (exact) mass is 218 g/mol. The summed E-state index contributed by atoms with van der Waals surface area (Å²) in [5.74, 6) is -0.849. The standard InChI is InChI=1S/C12H14N2O2/c1-8-3-4-14-10(5-8)7-11(13-14)9(2)6-12(15)16/h3-5,7,9H,6H2,1-2H3,(H,15,16). The van der Waals surface area contributed by atoms with Gasteiger partial charge in [0.25, 0.3) is 0 Å². The number of fused-ring (bicyclic) bond motifs is 1. The topological polar surface area (TPSA) is 54.6 Å². The van der Waals surface area contributed by atoms with Crippen LogP contribution in [-0.2, 0) is 4.79 Å². The number of carbonyl (C=O) groups is 1. The quantitative estimate of drug-likeness (QED) is 0.859. The van der Waals surface area contributed by atoms with E-state index >= 15 is 0 Å². The van der Waals surface area contributed by atoms with E-state index in [1.807, 2.05) is 38.2 Å². The van der Waals surface area contributed by atoms with Crippen LogP contribution in [0, 0.1) is 6.92 Å². The predicted molar refractivity (Wildman–Crippen MR) is 60.6 cm³/mol. The molecule has 2 heterocycles. The van der Waals surface area contributed by atoms with Crippen LogP contribution in [0.25, 0.3) is 5.52 Å². The van der Waals surface area contributed by atoms with Crippen molar-refractivity contribution in [1.82, 2.24) is 9.61 Å². The van der Waals surface area contributed by atoms with Crippen molar-refractivity contribution in [2.24, 2.45) is 0 Å². The minimum atomic E-state index is -0.791. The lowest BCUT2D eigenvalue weighted by Crippen LogP contribution is -2.03. The van der Waals surface area contributed by atoms with Crippen molar-refractivity contribution in [2.75, 3.05) is 0 Å². The molecular formula is C12H14N2O2. The Labute approximate surface area is 93.5 Å². The zero-order valence-corrected chi connectivity index (χ0v) is 9.34. The van der Waals surface area contributed by atoms with Gasteiger partial charge in [-0.2, -0.15) is 5.10 Å². The summed E-state index contributed by atoms with van der Waals surface area (Å²) in [6.45, 7) is 3.90. The SMILES string of the molecule is Cc1ccn2nc(C(C)CC(=O)O)cc2c1. The first-order valence-corrected chi connectivity index (χ1v) is 5.24. The number of aliphatic carboxylic acids is 1. The molecule has 2 aromatic rings. The average Bonchev–Trinajstić information content (AvgIpc) is 2.59. The molecule has 0 bridgehead atoms. The zero-order valence-electron chi connectivity index (χ0n) is 9.34. The predicted octanol–water partition coefficient (Wildman–Crippen LogP) is 2.22. The van der Waals surface area contributed by atoms with Crippen LogP contribution in [0.4, 0.5) is 0 Å². The molecule has 1 N–H and O–H groups in total. The Kier molecular flexibility index (Phi) is 2.64. The first-order chi connectivity index (χ1) is 7.56. The number of pyridine rings is 1. The minimum Gasteiger partial charge on any atom is -0.481 e. The fourth-order valence-corrected chi connectivity index (χ4v) is 1.73. The second-order valence-electron chi connectivity index (χ2n) is 4.14. The molecule has 4 nitrogen and oxygen atoms in total. The van der Waals surface area contributed by atoms with E-state index < -0.39 is 5.97 Å². The maximum Gasteiger partial charge on any atom is 0.304 e. The average molecular weight is 218 g/mol. The van der Waals surface area contributed by atoms with Gasteiger partial charge in [0.05, 0.1) is 17.6 Å². The summed E-state index contributed by atoms with van der Waals surface area (Å²) in [5, 5.41) is 13.1. The molecule has 0 fully saturated rings. The fourth-order valence-electron chi connectivity index (χ4n) is 1.73. The molecule has 1 atom stereocenters. The number of carboxylic acids is 1. The third-order valence-electron chi connectivity index (χ3n) is 2.62. The molecule has 4 heteroatoms. The van der Waals surface area contributed by atoms with E-state index in [1.165, 1.54) is 5.56 Å². The van der Waals surface area contributed by atoms with Crippen LogP contribution >= 0.6 is 0 Å². The Morgan fingerprint density at radius 2 is 2.31 bits per heavy atom. The number of aryl methyl sites for hydroxylation is 1. The Morgan fingerprint density at radius 3 is 3.00 bits per heavy atom. The normalized spacial score (nSPS) is 12.9. The summed E-state index contributed by atoms with van der Waals surface area (Å²) in [7, 11) is 0. The van der Waals surface area contributed by atoms with Gasteiger partial charge < -0.3 is 5.11 Å². The number of carboxylic acid groups (broad SMARTS) is 1. The van der Waals surface area contributed by atoms with Crippen molar-refractivity contribution in [3.63, 3.8) is 0 Å². The van der Waals surface area contributed by atoms with Gasteiger partial charge in [0.15, 0.2) is 0 Å². The van der Waals surface area contributed by atoms with Gasteiger partial charge in [-0.05, 0) is 30.7 Å². The second kappa shape index (κ2) is 3.96. The largest absolute Gasteiger partial charge is 0.481 e. The van der Waals surface area contributed by atoms with Crippen LogP contribution in [0.2, 0.25) is 0 Å². The van der Waals surface area contributed by atoms with Crippen LogP contribution in [0.1, 0.15) is 30.5 Å². The Hall–Kier alpha value is -1.84. The van der Waals surface area contributed by atoms with Crippen molar-refractivity contribution < 1.29 is 9.90 Å². The van der Waals surface area contributed by atoms with E-state index in [9.17, 15) is 4.79 Å². The van der Waals surface area contributed by atoms with Crippen molar-refractivity contribution in [3.8, 4) is 0 Å². The van der Waals surface area contributed by atoms with Crippen molar-refractivity contribution in [2.45, 2.75) is 26.2 Å². The molecule has 0 aliphatic rings. The Balaban J connectivity index is 2.35. The number of aromatic nitrogens is 2. The summed E-state index contributed by atoms with van der Waals surface area (Å²) in [6.07, 6.45) is 2.00. The molecule has 2 rings (SSSR count). The number of nitrogens with zero attached hydrogens (tertiary/aromatic N) is 2. The highest BCUT2D eigenvalue weighted by molar-refractivity contribution is 5.68. The fraction of sp³-hybridized carbons (Fsp3) is 0.333. The lowest BCUT2D eigenvalue weighted by Gasteiger charge is -2.02. The van der Waals surface area contributed by atoms with Gasteiger partial charge in [-0.25, -0.2) is 4.52 Å². The van der Waals surface area contributed by atoms with E-state index in [1.54, 1.807) is 4.52 Å². The molecule has 0 saturated carbocycles. The molecule has 0 saturated heterocycles. The van der Waals surface area contributed by atoms with Crippen LogP contribution < -0.4 is 0 Å². The molecule has 0 aliphatic heterocycles. The highest BCUT2D eigenvalue weighted by Crippen LogP contribution is 2.19.